The number of hydrogen-bond donors (Lipinski definition) is 1. The van der Waals surface area contributed by atoms with Crippen molar-refractivity contribution in [2.24, 2.45) is 0 Å². The number of benzene rings is 1. The predicted octanol–water partition coefficient (Wildman–Crippen LogP) is 2.77. The third kappa shape index (κ3) is 1.84. The van der Waals surface area contributed by atoms with Crippen molar-refractivity contribution in [1.29, 1.82) is 0 Å². The quantitative estimate of drug-likeness (QED) is 0.803. The van der Waals surface area contributed by atoms with Gasteiger partial charge in [-0.3, -0.25) is 0 Å². The molecule has 1 aliphatic heterocycles. The minimum Gasteiger partial charge on any atom is -0.506 e. The SMILES string of the molecule is CCc1c(O)c(Cl)cc2c1OCCCO2. The number of phenolic OH excluding ortho intramolecular Hbond substituents is 1. The molecule has 82 valence electrons. The average Bonchev–Trinajstić information content (AvgIpc) is 2.45. The zero-order valence-corrected chi connectivity index (χ0v) is 9.30. The van der Waals surface area contributed by atoms with Crippen LogP contribution in [0.3, 0.4) is 0 Å². The van der Waals surface area contributed by atoms with Crippen molar-refractivity contribution in [3.8, 4) is 17.2 Å². The summed E-state index contributed by atoms with van der Waals surface area (Å²) in [7, 11) is 0. The molecule has 0 aliphatic carbocycles. The Hall–Kier alpha value is -1.09. The van der Waals surface area contributed by atoms with Gasteiger partial charge < -0.3 is 14.6 Å². The van der Waals surface area contributed by atoms with Gasteiger partial charge in [0.25, 0.3) is 0 Å². The van der Waals surface area contributed by atoms with Gasteiger partial charge in [0, 0.05) is 18.1 Å². The second-order valence-electron chi connectivity index (χ2n) is 3.42. The highest BCUT2D eigenvalue weighted by Gasteiger charge is 2.19. The fourth-order valence-electron chi connectivity index (χ4n) is 1.66. The molecule has 3 nitrogen and oxygen atoms in total. The second kappa shape index (κ2) is 4.19. The second-order valence-corrected chi connectivity index (χ2v) is 3.82. The topological polar surface area (TPSA) is 38.7 Å². The van der Waals surface area contributed by atoms with Gasteiger partial charge in [-0.1, -0.05) is 18.5 Å². The molecule has 0 unspecified atom stereocenters. The number of fused-ring (bicyclic) bond motifs is 1. The maximum Gasteiger partial charge on any atom is 0.168 e. The maximum atomic E-state index is 9.78. The highest BCUT2D eigenvalue weighted by Crippen LogP contribution is 2.43. The van der Waals surface area contributed by atoms with E-state index >= 15 is 0 Å². The van der Waals surface area contributed by atoms with Gasteiger partial charge >= 0.3 is 0 Å². The molecule has 0 atom stereocenters. The summed E-state index contributed by atoms with van der Waals surface area (Å²) in [4.78, 5) is 0. The van der Waals surface area contributed by atoms with Crippen molar-refractivity contribution in [3.05, 3.63) is 16.7 Å². The molecule has 0 saturated carbocycles. The molecule has 2 rings (SSSR count). The normalized spacial score (nSPS) is 14.8. The van der Waals surface area contributed by atoms with E-state index < -0.39 is 0 Å². The summed E-state index contributed by atoms with van der Waals surface area (Å²) in [5.41, 5.74) is 0.722. The lowest BCUT2D eigenvalue weighted by Gasteiger charge is -2.13. The van der Waals surface area contributed by atoms with Gasteiger partial charge in [-0.05, 0) is 6.42 Å². The van der Waals surface area contributed by atoms with Crippen LogP contribution in [0.5, 0.6) is 17.2 Å². The number of aromatic hydroxyl groups is 1. The Labute approximate surface area is 93.6 Å². The fraction of sp³-hybridized carbons (Fsp3) is 0.455. The van der Waals surface area contributed by atoms with Crippen LogP contribution in [0.15, 0.2) is 6.07 Å². The van der Waals surface area contributed by atoms with Crippen LogP contribution in [0.1, 0.15) is 18.9 Å². The first-order chi connectivity index (χ1) is 7.24. The smallest absolute Gasteiger partial charge is 0.168 e. The molecule has 1 heterocycles. The highest BCUT2D eigenvalue weighted by molar-refractivity contribution is 6.32. The molecule has 1 N–H and O–H groups in total. The van der Waals surface area contributed by atoms with E-state index in [0.29, 0.717) is 36.2 Å². The summed E-state index contributed by atoms with van der Waals surface area (Å²) in [6, 6.07) is 1.61. The third-order valence-electron chi connectivity index (χ3n) is 2.41. The molecular weight excluding hydrogens is 216 g/mol. The molecule has 0 aromatic heterocycles. The van der Waals surface area contributed by atoms with E-state index in [9.17, 15) is 5.11 Å². The predicted molar refractivity (Wildman–Crippen MR) is 58.1 cm³/mol. The standard InChI is InChI=1S/C11H13ClO3/c1-2-7-10(13)8(12)6-9-11(7)15-5-3-4-14-9/h6,13H,2-5H2,1H3. The van der Waals surface area contributed by atoms with E-state index in [2.05, 4.69) is 0 Å². The van der Waals surface area contributed by atoms with Gasteiger partial charge in [0.1, 0.15) is 5.75 Å². The van der Waals surface area contributed by atoms with Crippen LogP contribution in [-0.2, 0) is 6.42 Å². The van der Waals surface area contributed by atoms with Gasteiger partial charge in [-0.2, -0.15) is 0 Å². The van der Waals surface area contributed by atoms with E-state index in [1.807, 2.05) is 6.92 Å². The first kappa shape index (κ1) is 10.4. The lowest BCUT2D eigenvalue weighted by molar-refractivity contribution is 0.296. The summed E-state index contributed by atoms with van der Waals surface area (Å²) in [5, 5.41) is 10.1. The van der Waals surface area contributed by atoms with Crippen molar-refractivity contribution in [3.63, 3.8) is 0 Å². The highest BCUT2D eigenvalue weighted by atomic mass is 35.5. The van der Waals surface area contributed by atoms with Crippen molar-refractivity contribution in [1.82, 2.24) is 0 Å². The van der Waals surface area contributed by atoms with Crippen LogP contribution >= 0.6 is 11.6 Å². The van der Waals surface area contributed by atoms with Gasteiger partial charge in [-0.15, -0.1) is 0 Å². The average molecular weight is 229 g/mol. The van der Waals surface area contributed by atoms with Crippen molar-refractivity contribution in [2.75, 3.05) is 13.2 Å². The largest absolute Gasteiger partial charge is 0.506 e. The third-order valence-corrected chi connectivity index (χ3v) is 2.70. The zero-order chi connectivity index (χ0) is 10.8. The molecule has 15 heavy (non-hydrogen) atoms. The fourth-order valence-corrected chi connectivity index (χ4v) is 1.87. The lowest BCUT2D eigenvalue weighted by Crippen LogP contribution is -1.98. The first-order valence-electron chi connectivity index (χ1n) is 5.04. The van der Waals surface area contributed by atoms with Crippen LogP contribution < -0.4 is 9.47 Å². The Balaban J connectivity index is 2.56. The molecular formula is C11H13ClO3. The van der Waals surface area contributed by atoms with Gasteiger partial charge in [0.15, 0.2) is 11.5 Å². The molecule has 0 amide bonds. The van der Waals surface area contributed by atoms with Gasteiger partial charge in [-0.25, -0.2) is 0 Å². The number of phenols is 1. The summed E-state index contributed by atoms with van der Waals surface area (Å²) < 4.78 is 11.1. The Bertz CT molecular complexity index is 377. The minimum absolute atomic E-state index is 0.100. The van der Waals surface area contributed by atoms with Crippen molar-refractivity contribution < 1.29 is 14.6 Å². The van der Waals surface area contributed by atoms with Crippen molar-refractivity contribution >= 4 is 11.6 Å². The molecule has 0 spiro atoms. The Morgan fingerprint density at radius 1 is 1.40 bits per heavy atom. The molecule has 4 heteroatoms. The number of ether oxygens (including phenoxy) is 2. The maximum absolute atomic E-state index is 9.78. The Morgan fingerprint density at radius 2 is 2.13 bits per heavy atom. The molecule has 0 saturated heterocycles. The Morgan fingerprint density at radius 3 is 2.87 bits per heavy atom. The number of hydrogen-bond acceptors (Lipinski definition) is 3. The van der Waals surface area contributed by atoms with Crippen molar-refractivity contribution in [2.45, 2.75) is 19.8 Å². The summed E-state index contributed by atoms with van der Waals surface area (Å²) in [6.07, 6.45) is 1.51. The van der Waals surface area contributed by atoms with E-state index in [1.165, 1.54) is 0 Å². The number of halogens is 1. The summed E-state index contributed by atoms with van der Waals surface area (Å²) in [5.74, 6) is 1.37. The minimum atomic E-state index is 0.100. The Kier molecular flexibility index (Phi) is 2.91. The monoisotopic (exact) mass is 228 g/mol. The molecule has 0 fully saturated rings. The summed E-state index contributed by atoms with van der Waals surface area (Å²) in [6.45, 7) is 3.18. The van der Waals surface area contributed by atoms with Crippen LogP contribution in [0.2, 0.25) is 5.02 Å². The van der Waals surface area contributed by atoms with Gasteiger partial charge in [0.05, 0.1) is 18.2 Å². The van der Waals surface area contributed by atoms with E-state index in [4.69, 9.17) is 21.1 Å². The van der Waals surface area contributed by atoms with Crippen LogP contribution in [-0.4, -0.2) is 18.3 Å². The van der Waals surface area contributed by atoms with E-state index in [-0.39, 0.29) is 5.75 Å². The zero-order valence-electron chi connectivity index (χ0n) is 8.55. The van der Waals surface area contributed by atoms with E-state index in [1.54, 1.807) is 6.07 Å². The van der Waals surface area contributed by atoms with Crippen LogP contribution in [0.25, 0.3) is 0 Å². The van der Waals surface area contributed by atoms with Crippen LogP contribution in [0, 0.1) is 0 Å². The molecule has 1 aliphatic rings. The first-order valence-corrected chi connectivity index (χ1v) is 5.41. The lowest BCUT2D eigenvalue weighted by atomic mass is 10.1. The molecule has 0 bridgehead atoms. The molecule has 1 aromatic rings. The summed E-state index contributed by atoms with van der Waals surface area (Å²) >= 11 is 5.90. The molecule has 0 radical (unpaired) electrons. The molecule has 1 aromatic carbocycles. The van der Waals surface area contributed by atoms with E-state index in [0.717, 1.165) is 12.0 Å². The number of rotatable bonds is 1. The van der Waals surface area contributed by atoms with Gasteiger partial charge in [0.2, 0.25) is 0 Å². The van der Waals surface area contributed by atoms with Crippen LogP contribution in [0.4, 0.5) is 0 Å².